The summed E-state index contributed by atoms with van der Waals surface area (Å²) < 4.78 is 40.2. The fourth-order valence-corrected chi connectivity index (χ4v) is 2.16. The maximum Gasteiger partial charge on any atom is 0.490 e. The van der Waals surface area contributed by atoms with Crippen LogP contribution < -0.4 is 5.32 Å². The first kappa shape index (κ1) is 9.76. The van der Waals surface area contributed by atoms with E-state index in [0.29, 0.717) is 25.3 Å². The lowest BCUT2D eigenvalue weighted by Gasteiger charge is -2.51. The van der Waals surface area contributed by atoms with Gasteiger partial charge in [0, 0.05) is 6.54 Å². The number of nitrogens with one attached hydrogen (secondary N) is 1. The second-order valence-electron chi connectivity index (χ2n) is 3.98. The molecule has 2 heterocycles. The number of ether oxygens (including phenoxy) is 1. The molecule has 2 saturated heterocycles. The third-order valence-corrected chi connectivity index (χ3v) is 2.74. The van der Waals surface area contributed by atoms with Crippen molar-refractivity contribution in [3.8, 4) is 0 Å². The molecule has 14 heavy (non-hydrogen) atoms. The average Bonchev–Trinajstić information content (AvgIpc) is 2.01. The van der Waals surface area contributed by atoms with Crippen LogP contribution in [0.15, 0.2) is 0 Å². The van der Waals surface area contributed by atoms with E-state index in [1.807, 2.05) is 0 Å². The Morgan fingerprint density at radius 2 is 2.07 bits per heavy atom. The Morgan fingerprint density at radius 3 is 2.50 bits per heavy atom. The van der Waals surface area contributed by atoms with E-state index in [9.17, 15) is 18.0 Å². The van der Waals surface area contributed by atoms with Gasteiger partial charge in [0.15, 0.2) is 0 Å². The number of carbonyl (C=O) groups is 1. The Balaban J connectivity index is 1.95. The predicted octanol–water partition coefficient (Wildman–Crippen LogP) is 0.844. The van der Waals surface area contributed by atoms with Crippen LogP contribution in [0.5, 0.6) is 0 Å². The van der Waals surface area contributed by atoms with Crippen LogP contribution in [-0.2, 0) is 9.53 Å². The second kappa shape index (κ2) is 2.85. The van der Waals surface area contributed by atoms with Crippen LogP contribution in [0.4, 0.5) is 13.2 Å². The fourth-order valence-electron chi connectivity index (χ4n) is 2.16. The second-order valence-corrected chi connectivity index (χ2v) is 3.98. The number of esters is 1. The highest BCUT2D eigenvalue weighted by molar-refractivity contribution is 5.76. The Morgan fingerprint density at radius 1 is 1.43 bits per heavy atom. The minimum atomic E-state index is -4.88. The summed E-state index contributed by atoms with van der Waals surface area (Å²) in [6.07, 6.45) is -3.76. The Hall–Kier alpha value is -0.780. The molecule has 0 aromatic heterocycles. The number of alkyl halides is 3. The monoisotopic (exact) mass is 209 g/mol. The van der Waals surface area contributed by atoms with Gasteiger partial charge in [-0.25, -0.2) is 4.79 Å². The van der Waals surface area contributed by atoms with Crippen molar-refractivity contribution >= 4 is 5.97 Å². The summed E-state index contributed by atoms with van der Waals surface area (Å²) in [5.41, 5.74) is -0.879. The van der Waals surface area contributed by atoms with Gasteiger partial charge in [-0.15, -0.1) is 0 Å². The van der Waals surface area contributed by atoms with Crippen molar-refractivity contribution in [3.05, 3.63) is 0 Å². The smallest absolute Gasteiger partial charge is 0.451 e. The molecule has 6 heteroatoms. The van der Waals surface area contributed by atoms with Crippen molar-refractivity contribution in [2.45, 2.75) is 24.6 Å². The van der Waals surface area contributed by atoms with Gasteiger partial charge in [0.1, 0.15) is 5.60 Å². The Labute approximate surface area is 78.6 Å². The summed E-state index contributed by atoms with van der Waals surface area (Å²) >= 11 is 0. The van der Waals surface area contributed by atoms with Crippen LogP contribution >= 0.6 is 0 Å². The van der Waals surface area contributed by atoms with E-state index in [0.717, 1.165) is 6.54 Å². The van der Waals surface area contributed by atoms with Crippen molar-refractivity contribution in [3.63, 3.8) is 0 Å². The van der Waals surface area contributed by atoms with E-state index in [-0.39, 0.29) is 0 Å². The fraction of sp³-hybridized carbons (Fsp3) is 0.875. The molecule has 2 bridgehead atoms. The number of halogens is 3. The van der Waals surface area contributed by atoms with Crippen LogP contribution in [0.3, 0.4) is 0 Å². The number of hydrogen-bond acceptors (Lipinski definition) is 3. The summed E-state index contributed by atoms with van der Waals surface area (Å²) in [6, 6.07) is 0. The first-order valence-electron chi connectivity index (χ1n) is 4.42. The van der Waals surface area contributed by atoms with Crippen molar-refractivity contribution in [2.75, 3.05) is 13.1 Å². The van der Waals surface area contributed by atoms with Crippen molar-refractivity contribution in [1.29, 1.82) is 0 Å². The molecule has 3 aliphatic rings. The predicted molar refractivity (Wildman–Crippen MR) is 40.5 cm³/mol. The van der Waals surface area contributed by atoms with Crippen LogP contribution in [-0.4, -0.2) is 30.8 Å². The number of rotatable bonds is 1. The van der Waals surface area contributed by atoms with Gasteiger partial charge in [0.2, 0.25) is 0 Å². The zero-order valence-electron chi connectivity index (χ0n) is 7.36. The highest BCUT2D eigenvalue weighted by Crippen LogP contribution is 2.44. The molecule has 0 aromatic carbocycles. The van der Waals surface area contributed by atoms with E-state index in [2.05, 4.69) is 10.1 Å². The van der Waals surface area contributed by atoms with Crippen molar-refractivity contribution < 1.29 is 22.7 Å². The molecule has 3 rings (SSSR count). The molecule has 0 atom stereocenters. The SMILES string of the molecule is O=C(OC12CNCC(C1)C2)C(F)(F)F. The van der Waals surface area contributed by atoms with E-state index in [1.54, 1.807) is 0 Å². The van der Waals surface area contributed by atoms with E-state index >= 15 is 0 Å². The molecule has 0 aromatic rings. The molecular formula is C8H10F3NO2. The van der Waals surface area contributed by atoms with Gasteiger partial charge in [0.05, 0.1) is 0 Å². The molecule has 0 spiro atoms. The van der Waals surface area contributed by atoms with Gasteiger partial charge in [-0.2, -0.15) is 13.2 Å². The largest absolute Gasteiger partial charge is 0.490 e. The molecule has 80 valence electrons. The average molecular weight is 209 g/mol. The molecule has 2 aliphatic heterocycles. The van der Waals surface area contributed by atoms with Crippen molar-refractivity contribution in [1.82, 2.24) is 5.32 Å². The Kier molecular flexibility index (Phi) is 1.99. The molecule has 0 unspecified atom stereocenters. The summed E-state index contributed by atoms with van der Waals surface area (Å²) in [5.74, 6) is -1.70. The van der Waals surface area contributed by atoms with Crippen LogP contribution in [0, 0.1) is 5.92 Å². The van der Waals surface area contributed by atoms with Gasteiger partial charge in [-0.3, -0.25) is 0 Å². The quantitative estimate of drug-likeness (QED) is 0.650. The summed E-state index contributed by atoms with van der Waals surface area (Å²) in [5, 5.41) is 2.94. The van der Waals surface area contributed by atoms with E-state index in [4.69, 9.17) is 0 Å². The zero-order valence-corrected chi connectivity index (χ0v) is 7.36. The molecular weight excluding hydrogens is 199 g/mol. The molecule has 1 N–H and O–H groups in total. The molecule has 0 radical (unpaired) electrons. The third kappa shape index (κ3) is 1.58. The molecule has 3 nitrogen and oxygen atoms in total. The lowest BCUT2D eigenvalue weighted by Crippen LogP contribution is -2.62. The normalized spacial score (nSPS) is 36.1. The summed E-state index contributed by atoms with van der Waals surface area (Å²) in [6.45, 7) is 1.15. The lowest BCUT2D eigenvalue weighted by molar-refractivity contribution is -0.228. The first-order chi connectivity index (χ1) is 6.41. The van der Waals surface area contributed by atoms with Crippen molar-refractivity contribution in [2.24, 2.45) is 5.92 Å². The van der Waals surface area contributed by atoms with Crippen LogP contribution in [0.2, 0.25) is 0 Å². The maximum atomic E-state index is 11.9. The number of carbonyl (C=O) groups excluding carboxylic acids is 1. The van der Waals surface area contributed by atoms with Crippen LogP contribution in [0.25, 0.3) is 0 Å². The minimum absolute atomic E-state index is 0.339. The highest BCUT2D eigenvalue weighted by Gasteiger charge is 2.54. The van der Waals surface area contributed by atoms with E-state index in [1.165, 1.54) is 0 Å². The van der Waals surface area contributed by atoms with Crippen LogP contribution in [0.1, 0.15) is 12.8 Å². The van der Waals surface area contributed by atoms with Gasteiger partial charge in [-0.05, 0) is 25.3 Å². The van der Waals surface area contributed by atoms with Gasteiger partial charge in [0.25, 0.3) is 0 Å². The van der Waals surface area contributed by atoms with E-state index < -0.39 is 17.7 Å². The van der Waals surface area contributed by atoms with Gasteiger partial charge >= 0.3 is 12.1 Å². The number of hydrogen-bond donors (Lipinski definition) is 1. The third-order valence-electron chi connectivity index (χ3n) is 2.74. The maximum absolute atomic E-state index is 11.9. The topological polar surface area (TPSA) is 38.3 Å². The zero-order chi connectivity index (χ0) is 10.4. The number of piperidine rings is 2. The summed E-state index contributed by atoms with van der Waals surface area (Å²) in [4.78, 5) is 10.6. The molecule has 0 amide bonds. The lowest BCUT2D eigenvalue weighted by atomic mass is 9.68. The van der Waals surface area contributed by atoms with Gasteiger partial charge < -0.3 is 10.1 Å². The highest BCUT2D eigenvalue weighted by atomic mass is 19.4. The van der Waals surface area contributed by atoms with Gasteiger partial charge in [-0.1, -0.05) is 0 Å². The molecule has 1 aliphatic carbocycles. The first-order valence-corrected chi connectivity index (χ1v) is 4.42. The number of fused-ring (bicyclic) bond motifs is 2. The minimum Gasteiger partial charge on any atom is -0.451 e. The standard InChI is InChI=1S/C8H10F3NO2/c9-8(10,11)6(13)14-7-1-5(2-7)3-12-4-7/h5,12H,1-4H2. The molecule has 1 saturated carbocycles. The summed E-state index contributed by atoms with van der Waals surface area (Å²) in [7, 11) is 0. The molecule has 3 fully saturated rings. The Bertz CT molecular complexity index is 252.